The fourth-order valence-corrected chi connectivity index (χ4v) is 3.22. The van der Waals surface area contributed by atoms with Crippen LogP contribution in [0.2, 0.25) is 0 Å². The average Bonchev–Trinajstić information content (AvgIpc) is 2.71. The predicted octanol–water partition coefficient (Wildman–Crippen LogP) is 4.58. The van der Waals surface area contributed by atoms with E-state index in [0.29, 0.717) is 0 Å². The summed E-state index contributed by atoms with van der Waals surface area (Å²) in [5.74, 6) is 3.35. The molecule has 1 fully saturated rings. The highest BCUT2D eigenvalue weighted by molar-refractivity contribution is 5.42. The van der Waals surface area contributed by atoms with Crippen LogP contribution in [0.5, 0.6) is 0 Å². The third-order valence-corrected chi connectivity index (χ3v) is 4.71. The first-order valence-corrected chi connectivity index (χ1v) is 6.55. The molecular formula is C15H24. The van der Waals surface area contributed by atoms with E-state index in [1.807, 2.05) is 0 Å². The van der Waals surface area contributed by atoms with Gasteiger partial charge in [-0.15, -0.1) is 0 Å². The van der Waals surface area contributed by atoms with Gasteiger partial charge in [0.05, 0.1) is 0 Å². The summed E-state index contributed by atoms with van der Waals surface area (Å²) in [4.78, 5) is 0. The van der Waals surface area contributed by atoms with E-state index in [2.05, 4.69) is 39.8 Å². The van der Waals surface area contributed by atoms with Crippen molar-refractivity contribution in [1.29, 1.82) is 0 Å². The van der Waals surface area contributed by atoms with Gasteiger partial charge in [0.25, 0.3) is 0 Å². The standard InChI is InChI=1S/C15H24/c1-5-10(2)15-9-11(3)12(4)13-7-6-8-14(13)15/h7-8,10-12,15H,5-6,9H2,1-4H3. The van der Waals surface area contributed by atoms with Gasteiger partial charge in [0.1, 0.15) is 0 Å². The Balaban J connectivity index is 2.25. The van der Waals surface area contributed by atoms with Crippen molar-refractivity contribution < 1.29 is 0 Å². The van der Waals surface area contributed by atoms with Gasteiger partial charge in [0, 0.05) is 0 Å². The molecule has 0 nitrogen and oxygen atoms in total. The molecule has 0 aromatic heterocycles. The lowest BCUT2D eigenvalue weighted by Gasteiger charge is -2.38. The van der Waals surface area contributed by atoms with Crippen molar-refractivity contribution in [2.45, 2.75) is 47.0 Å². The zero-order valence-electron chi connectivity index (χ0n) is 10.6. The molecular weight excluding hydrogens is 180 g/mol. The molecule has 1 saturated carbocycles. The normalized spacial score (nSPS) is 36.9. The monoisotopic (exact) mass is 204 g/mol. The molecule has 2 rings (SSSR count). The first-order valence-electron chi connectivity index (χ1n) is 6.55. The van der Waals surface area contributed by atoms with Crippen LogP contribution >= 0.6 is 0 Å². The molecule has 0 aromatic rings. The fourth-order valence-electron chi connectivity index (χ4n) is 3.22. The summed E-state index contributed by atoms with van der Waals surface area (Å²) >= 11 is 0. The maximum atomic E-state index is 2.48. The Morgan fingerprint density at radius 3 is 2.60 bits per heavy atom. The molecule has 0 saturated heterocycles. The van der Waals surface area contributed by atoms with E-state index in [-0.39, 0.29) is 0 Å². The van der Waals surface area contributed by atoms with Crippen LogP contribution in [0.4, 0.5) is 0 Å². The molecule has 2 aliphatic carbocycles. The fraction of sp³-hybridized carbons (Fsp3) is 0.733. The average molecular weight is 204 g/mol. The van der Waals surface area contributed by atoms with E-state index in [9.17, 15) is 0 Å². The molecule has 0 heteroatoms. The van der Waals surface area contributed by atoms with Crippen LogP contribution in [0.1, 0.15) is 47.0 Å². The van der Waals surface area contributed by atoms with Crippen LogP contribution in [0.15, 0.2) is 23.3 Å². The van der Waals surface area contributed by atoms with Crippen LogP contribution < -0.4 is 0 Å². The molecule has 0 aliphatic heterocycles. The van der Waals surface area contributed by atoms with E-state index < -0.39 is 0 Å². The summed E-state index contributed by atoms with van der Waals surface area (Å²) in [5, 5.41) is 0. The van der Waals surface area contributed by atoms with Crippen molar-refractivity contribution in [3.05, 3.63) is 23.3 Å². The quantitative estimate of drug-likeness (QED) is 0.617. The topological polar surface area (TPSA) is 0 Å². The Labute approximate surface area is 94.5 Å². The minimum atomic E-state index is 0.791. The molecule has 4 unspecified atom stereocenters. The van der Waals surface area contributed by atoms with E-state index in [0.717, 1.165) is 23.7 Å². The minimum Gasteiger partial charge on any atom is -0.0770 e. The summed E-state index contributed by atoms with van der Waals surface area (Å²) in [6.07, 6.45) is 8.85. The van der Waals surface area contributed by atoms with E-state index in [4.69, 9.17) is 0 Å². The van der Waals surface area contributed by atoms with Gasteiger partial charge in [0.15, 0.2) is 0 Å². The molecule has 4 atom stereocenters. The highest BCUT2D eigenvalue weighted by atomic mass is 14.4. The molecule has 0 aromatic carbocycles. The predicted molar refractivity (Wildman–Crippen MR) is 66.7 cm³/mol. The van der Waals surface area contributed by atoms with Crippen LogP contribution in [0, 0.1) is 23.7 Å². The van der Waals surface area contributed by atoms with Gasteiger partial charge >= 0.3 is 0 Å². The van der Waals surface area contributed by atoms with Crippen molar-refractivity contribution in [2.24, 2.45) is 23.7 Å². The summed E-state index contributed by atoms with van der Waals surface area (Å²) in [6, 6.07) is 0. The van der Waals surface area contributed by atoms with Gasteiger partial charge in [-0.05, 0) is 47.7 Å². The van der Waals surface area contributed by atoms with Gasteiger partial charge in [0.2, 0.25) is 0 Å². The van der Waals surface area contributed by atoms with Crippen molar-refractivity contribution in [1.82, 2.24) is 0 Å². The first-order chi connectivity index (χ1) is 7.15. The van der Waals surface area contributed by atoms with E-state index in [1.54, 1.807) is 11.1 Å². The van der Waals surface area contributed by atoms with Gasteiger partial charge in [-0.25, -0.2) is 0 Å². The largest absolute Gasteiger partial charge is 0.0770 e. The second-order valence-corrected chi connectivity index (χ2v) is 5.55. The highest BCUT2D eigenvalue weighted by Crippen LogP contribution is 2.47. The van der Waals surface area contributed by atoms with E-state index in [1.165, 1.54) is 19.3 Å². The number of allylic oxidation sites excluding steroid dienone is 4. The van der Waals surface area contributed by atoms with Crippen molar-refractivity contribution >= 4 is 0 Å². The third kappa shape index (κ3) is 1.79. The third-order valence-electron chi connectivity index (χ3n) is 4.71. The van der Waals surface area contributed by atoms with Gasteiger partial charge in [-0.3, -0.25) is 0 Å². The SMILES string of the molecule is CCC(C)C1CC(C)C(C)C2=CCC=C21. The first kappa shape index (κ1) is 11.0. The maximum Gasteiger partial charge on any atom is -0.0134 e. The Morgan fingerprint density at radius 1 is 1.27 bits per heavy atom. The summed E-state index contributed by atoms with van der Waals surface area (Å²) in [5.41, 5.74) is 3.38. The Morgan fingerprint density at radius 2 is 1.93 bits per heavy atom. The molecule has 0 radical (unpaired) electrons. The van der Waals surface area contributed by atoms with Crippen LogP contribution in [-0.2, 0) is 0 Å². The highest BCUT2D eigenvalue weighted by Gasteiger charge is 2.35. The Kier molecular flexibility index (Phi) is 3.04. The van der Waals surface area contributed by atoms with Crippen LogP contribution in [-0.4, -0.2) is 0 Å². The second-order valence-electron chi connectivity index (χ2n) is 5.55. The zero-order chi connectivity index (χ0) is 11.0. The summed E-state index contributed by atoms with van der Waals surface area (Å²) in [7, 11) is 0. The smallest absolute Gasteiger partial charge is 0.0134 e. The molecule has 0 spiro atoms. The molecule has 0 N–H and O–H groups in total. The van der Waals surface area contributed by atoms with Crippen molar-refractivity contribution in [3.63, 3.8) is 0 Å². The number of hydrogen-bond acceptors (Lipinski definition) is 0. The molecule has 84 valence electrons. The molecule has 0 bridgehead atoms. The molecule has 15 heavy (non-hydrogen) atoms. The Hall–Kier alpha value is -0.520. The molecule has 0 heterocycles. The van der Waals surface area contributed by atoms with Gasteiger partial charge in [-0.1, -0.05) is 46.3 Å². The molecule has 2 aliphatic rings. The minimum absolute atomic E-state index is 0.791. The van der Waals surface area contributed by atoms with Crippen molar-refractivity contribution in [2.75, 3.05) is 0 Å². The number of fused-ring (bicyclic) bond motifs is 1. The lowest BCUT2D eigenvalue weighted by Crippen LogP contribution is -2.28. The maximum absolute atomic E-state index is 2.48. The van der Waals surface area contributed by atoms with Gasteiger partial charge in [-0.2, -0.15) is 0 Å². The van der Waals surface area contributed by atoms with Crippen LogP contribution in [0.25, 0.3) is 0 Å². The summed E-state index contributed by atoms with van der Waals surface area (Å²) < 4.78 is 0. The molecule has 0 amide bonds. The lowest BCUT2D eigenvalue weighted by atomic mass is 9.66. The lowest BCUT2D eigenvalue weighted by molar-refractivity contribution is 0.259. The summed E-state index contributed by atoms with van der Waals surface area (Å²) in [6.45, 7) is 9.58. The van der Waals surface area contributed by atoms with Crippen molar-refractivity contribution in [3.8, 4) is 0 Å². The second kappa shape index (κ2) is 4.15. The Bertz CT molecular complexity index is 295. The van der Waals surface area contributed by atoms with Crippen LogP contribution in [0.3, 0.4) is 0 Å². The zero-order valence-corrected chi connectivity index (χ0v) is 10.6. The number of hydrogen-bond donors (Lipinski definition) is 0. The van der Waals surface area contributed by atoms with Gasteiger partial charge < -0.3 is 0 Å². The van der Waals surface area contributed by atoms with E-state index >= 15 is 0 Å². The number of rotatable bonds is 2.